The first kappa shape index (κ1) is 13.2. The molecule has 0 bridgehead atoms. The Morgan fingerprint density at radius 2 is 2.00 bits per heavy atom. The molecule has 1 atom stereocenters. The van der Waals surface area contributed by atoms with Gasteiger partial charge in [0.25, 0.3) is 6.01 Å². The fourth-order valence-corrected chi connectivity index (χ4v) is 3.20. The monoisotopic (exact) mass is 293 g/mol. The van der Waals surface area contributed by atoms with Crippen molar-refractivity contribution in [1.82, 2.24) is 4.98 Å². The van der Waals surface area contributed by atoms with E-state index in [2.05, 4.69) is 46.4 Å². The second kappa shape index (κ2) is 5.37. The highest BCUT2D eigenvalue weighted by Crippen LogP contribution is 2.31. The van der Waals surface area contributed by atoms with E-state index in [4.69, 9.17) is 4.42 Å². The predicted molar refractivity (Wildman–Crippen MR) is 89.5 cm³/mol. The summed E-state index contributed by atoms with van der Waals surface area (Å²) in [5, 5.41) is 3.29. The Morgan fingerprint density at radius 3 is 2.91 bits per heavy atom. The molecule has 1 aromatic heterocycles. The van der Waals surface area contributed by atoms with Crippen molar-refractivity contribution in [3.05, 3.63) is 54.1 Å². The third-order valence-corrected chi connectivity index (χ3v) is 4.27. The largest absolute Gasteiger partial charge is 0.424 e. The minimum absolute atomic E-state index is 0.544. The first-order chi connectivity index (χ1) is 10.8. The van der Waals surface area contributed by atoms with E-state index in [9.17, 15) is 0 Å². The van der Waals surface area contributed by atoms with Gasteiger partial charge < -0.3 is 14.6 Å². The molecule has 0 spiro atoms. The number of rotatable bonds is 4. The van der Waals surface area contributed by atoms with E-state index in [0.29, 0.717) is 12.1 Å². The summed E-state index contributed by atoms with van der Waals surface area (Å²) in [7, 11) is 0. The van der Waals surface area contributed by atoms with Gasteiger partial charge in [0.2, 0.25) is 0 Å². The number of para-hydroxylation sites is 3. The van der Waals surface area contributed by atoms with Gasteiger partial charge in [-0.15, -0.1) is 0 Å². The molecule has 4 nitrogen and oxygen atoms in total. The zero-order valence-corrected chi connectivity index (χ0v) is 12.6. The SMILES string of the molecule is C[C@H]1Cc2ccccc2N1CCNc1nc2ccccc2o1. The first-order valence-electron chi connectivity index (χ1n) is 7.75. The van der Waals surface area contributed by atoms with Crippen LogP contribution in [0.25, 0.3) is 11.1 Å². The smallest absolute Gasteiger partial charge is 0.295 e. The van der Waals surface area contributed by atoms with Gasteiger partial charge >= 0.3 is 0 Å². The van der Waals surface area contributed by atoms with Gasteiger partial charge in [-0.25, -0.2) is 0 Å². The molecule has 2 heterocycles. The lowest BCUT2D eigenvalue weighted by atomic mass is 10.1. The van der Waals surface area contributed by atoms with Crippen LogP contribution in [0.1, 0.15) is 12.5 Å². The van der Waals surface area contributed by atoms with Crippen LogP contribution in [0.4, 0.5) is 11.7 Å². The second-order valence-electron chi connectivity index (χ2n) is 5.79. The van der Waals surface area contributed by atoms with Gasteiger partial charge in [0.15, 0.2) is 5.58 Å². The van der Waals surface area contributed by atoms with E-state index in [1.807, 2.05) is 24.3 Å². The van der Waals surface area contributed by atoms with E-state index in [0.717, 1.165) is 30.6 Å². The van der Waals surface area contributed by atoms with E-state index < -0.39 is 0 Å². The maximum atomic E-state index is 5.69. The second-order valence-corrected chi connectivity index (χ2v) is 5.79. The van der Waals surface area contributed by atoms with Crippen LogP contribution >= 0.6 is 0 Å². The number of benzene rings is 2. The molecular weight excluding hydrogens is 274 g/mol. The number of hydrogen-bond acceptors (Lipinski definition) is 4. The Balaban J connectivity index is 1.43. The molecule has 0 saturated carbocycles. The van der Waals surface area contributed by atoms with Crippen LogP contribution < -0.4 is 10.2 Å². The summed E-state index contributed by atoms with van der Waals surface area (Å²) >= 11 is 0. The van der Waals surface area contributed by atoms with Crippen molar-refractivity contribution >= 4 is 22.8 Å². The van der Waals surface area contributed by atoms with E-state index in [1.54, 1.807) is 0 Å². The Bertz CT molecular complexity index is 763. The molecule has 1 N–H and O–H groups in total. The standard InChI is InChI=1S/C18H19N3O/c1-13-12-14-6-2-4-8-16(14)21(13)11-10-19-18-20-15-7-3-5-9-17(15)22-18/h2-9,13H,10-12H2,1H3,(H,19,20)/t13-/m0/s1. The van der Waals surface area contributed by atoms with E-state index in [1.165, 1.54) is 11.3 Å². The highest BCUT2D eigenvalue weighted by molar-refractivity contribution is 5.74. The van der Waals surface area contributed by atoms with Crippen LogP contribution in [0.5, 0.6) is 0 Å². The maximum absolute atomic E-state index is 5.69. The van der Waals surface area contributed by atoms with Crippen LogP contribution in [0, 0.1) is 0 Å². The predicted octanol–water partition coefficient (Wildman–Crippen LogP) is 3.69. The van der Waals surface area contributed by atoms with Crippen LogP contribution in [-0.2, 0) is 6.42 Å². The molecule has 1 aliphatic heterocycles. The van der Waals surface area contributed by atoms with Crippen molar-refractivity contribution in [2.45, 2.75) is 19.4 Å². The normalized spacial score (nSPS) is 17.0. The Morgan fingerprint density at radius 1 is 1.18 bits per heavy atom. The molecule has 0 unspecified atom stereocenters. The number of nitrogens with one attached hydrogen (secondary N) is 1. The van der Waals surface area contributed by atoms with Gasteiger partial charge in [0.05, 0.1) is 0 Å². The van der Waals surface area contributed by atoms with Crippen LogP contribution in [-0.4, -0.2) is 24.1 Å². The van der Waals surface area contributed by atoms with Crippen molar-refractivity contribution in [3.8, 4) is 0 Å². The van der Waals surface area contributed by atoms with Gasteiger partial charge in [0, 0.05) is 24.8 Å². The molecule has 4 heteroatoms. The molecule has 0 fully saturated rings. The van der Waals surface area contributed by atoms with Crippen molar-refractivity contribution in [2.75, 3.05) is 23.3 Å². The summed E-state index contributed by atoms with van der Waals surface area (Å²) in [6.07, 6.45) is 1.12. The van der Waals surface area contributed by atoms with Gasteiger partial charge in [-0.05, 0) is 37.1 Å². The topological polar surface area (TPSA) is 41.3 Å². The Kier molecular flexibility index (Phi) is 3.22. The zero-order chi connectivity index (χ0) is 14.9. The van der Waals surface area contributed by atoms with Gasteiger partial charge in [-0.2, -0.15) is 4.98 Å². The average molecular weight is 293 g/mol. The average Bonchev–Trinajstić information content (AvgIpc) is 3.08. The summed E-state index contributed by atoms with van der Waals surface area (Å²) in [6, 6.07) is 17.6. The number of oxazole rings is 1. The minimum Gasteiger partial charge on any atom is -0.424 e. The molecule has 22 heavy (non-hydrogen) atoms. The molecule has 0 radical (unpaired) electrons. The van der Waals surface area contributed by atoms with Gasteiger partial charge in [-0.3, -0.25) is 0 Å². The van der Waals surface area contributed by atoms with Crippen molar-refractivity contribution in [1.29, 1.82) is 0 Å². The van der Waals surface area contributed by atoms with Gasteiger partial charge in [0.1, 0.15) is 5.52 Å². The van der Waals surface area contributed by atoms with Gasteiger partial charge in [-0.1, -0.05) is 30.3 Å². The quantitative estimate of drug-likeness (QED) is 0.796. The number of aromatic nitrogens is 1. The number of fused-ring (bicyclic) bond motifs is 2. The summed E-state index contributed by atoms with van der Waals surface area (Å²) in [6.45, 7) is 4.03. The lowest BCUT2D eigenvalue weighted by Crippen LogP contribution is -2.33. The van der Waals surface area contributed by atoms with E-state index >= 15 is 0 Å². The molecular formula is C18H19N3O. The molecule has 1 aliphatic rings. The summed E-state index contributed by atoms with van der Waals surface area (Å²) in [5.74, 6) is 0. The zero-order valence-electron chi connectivity index (χ0n) is 12.6. The molecule has 4 rings (SSSR count). The summed E-state index contributed by atoms with van der Waals surface area (Å²) in [5.41, 5.74) is 4.51. The first-order valence-corrected chi connectivity index (χ1v) is 7.75. The van der Waals surface area contributed by atoms with E-state index in [-0.39, 0.29) is 0 Å². The third kappa shape index (κ3) is 2.30. The number of hydrogen-bond donors (Lipinski definition) is 1. The van der Waals surface area contributed by atoms with Crippen molar-refractivity contribution < 1.29 is 4.42 Å². The minimum atomic E-state index is 0.544. The van der Waals surface area contributed by atoms with Crippen molar-refractivity contribution in [2.24, 2.45) is 0 Å². The molecule has 0 aliphatic carbocycles. The fourth-order valence-electron chi connectivity index (χ4n) is 3.20. The van der Waals surface area contributed by atoms with Crippen molar-refractivity contribution in [3.63, 3.8) is 0 Å². The number of nitrogens with zero attached hydrogens (tertiary/aromatic N) is 2. The molecule has 0 amide bonds. The fraction of sp³-hybridized carbons (Fsp3) is 0.278. The highest BCUT2D eigenvalue weighted by atomic mass is 16.4. The van der Waals surface area contributed by atoms with Crippen LogP contribution in [0.3, 0.4) is 0 Å². The Hall–Kier alpha value is -2.49. The van der Waals surface area contributed by atoms with Crippen LogP contribution in [0.2, 0.25) is 0 Å². The lowest BCUT2D eigenvalue weighted by Gasteiger charge is -2.24. The van der Waals surface area contributed by atoms with Crippen LogP contribution in [0.15, 0.2) is 52.9 Å². The molecule has 2 aromatic carbocycles. The number of anilines is 2. The summed E-state index contributed by atoms with van der Waals surface area (Å²) in [4.78, 5) is 6.89. The molecule has 0 saturated heterocycles. The Labute approximate surface area is 129 Å². The summed E-state index contributed by atoms with van der Waals surface area (Å²) < 4.78 is 5.69. The lowest BCUT2D eigenvalue weighted by molar-refractivity contribution is 0.609. The molecule has 3 aromatic rings. The highest BCUT2D eigenvalue weighted by Gasteiger charge is 2.24. The third-order valence-electron chi connectivity index (χ3n) is 4.27. The maximum Gasteiger partial charge on any atom is 0.295 e. The molecule has 112 valence electrons.